The predicted octanol–water partition coefficient (Wildman–Crippen LogP) is -1.40. The van der Waals surface area contributed by atoms with Crippen LogP contribution in [0.25, 0.3) is 0 Å². The average molecular weight is 119 g/mol. The van der Waals surface area contributed by atoms with Gasteiger partial charge in [-0.05, 0) is 6.42 Å². The summed E-state index contributed by atoms with van der Waals surface area (Å²) in [5.74, 6) is 0. The highest BCUT2D eigenvalue weighted by Gasteiger charge is 1.90. The zero-order valence-electron chi connectivity index (χ0n) is 5.07. The van der Waals surface area contributed by atoms with Crippen LogP contribution in [0, 0.1) is 0 Å². The second-order valence-electron chi connectivity index (χ2n) is 1.33. The Hall–Kier alpha value is -0.160. The summed E-state index contributed by atoms with van der Waals surface area (Å²) in [6.45, 7) is 2.15. The molecular weight excluding hydrogens is 106 g/mol. The molecule has 0 saturated carbocycles. The largest absolute Gasteiger partial charge is 0.400 e. The molecule has 4 N–H and O–H groups in total. The summed E-state index contributed by atoms with van der Waals surface area (Å²) < 4.78 is 0. The van der Waals surface area contributed by atoms with Crippen molar-refractivity contribution in [1.82, 2.24) is 16.4 Å². The van der Waals surface area contributed by atoms with Gasteiger partial charge < -0.3 is 5.11 Å². The van der Waals surface area contributed by atoms with Gasteiger partial charge >= 0.3 is 0 Å². The fraction of sp³-hybridized carbons (Fsp3) is 1.00. The first-order valence-electron chi connectivity index (χ1n) is 2.65. The zero-order chi connectivity index (χ0) is 6.24. The average Bonchev–Trinajstić information content (AvgIpc) is 1.96. The Morgan fingerprint density at radius 3 is 1.75 bits per heavy atom. The van der Waals surface area contributed by atoms with Crippen molar-refractivity contribution < 1.29 is 5.11 Å². The van der Waals surface area contributed by atoms with E-state index < -0.39 is 0 Å². The maximum Gasteiger partial charge on any atom is 0.0319 e. The molecule has 0 unspecified atom stereocenters. The van der Waals surface area contributed by atoms with Gasteiger partial charge in [0.1, 0.15) is 0 Å². The van der Waals surface area contributed by atoms with Gasteiger partial charge in [-0.2, -0.15) is 5.53 Å². The molecule has 50 valence electrons. The van der Waals surface area contributed by atoms with Gasteiger partial charge in [0.05, 0.1) is 0 Å². The summed E-state index contributed by atoms with van der Waals surface area (Å²) >= 11 is 0. The molecule has 0 radical (unpaired) electrons. The summed E-state index contributed by atoms with van der Waals surface area (Å²) in [4.78, 5) is 0. The number of hydrogen-bond donors (Lipinski definition) is 4. The molecule has 0 aromatic rings. The highest BCUT2D eigenvalue weighted by atomic mass is 16.2. The lowest BCUT2D eigenvalue weighted by molar-refractivity contribution is 0.372. The predicted molar refractivity (Wildman–Crippen MR) is 31.9 cm³/mol. The maximum absolute atomic E-state index is 7.00. The first kappa shape index (κ1) is 7.84. The van der Waals surface area contributed by atoms with Crippen LogP contribution in [0.15, 0.2) is 0 Å². The molecule has 0 aromatic carbocycles. The van der Waals surface area contributed by atoms with Crippen molar-refractivity contribution in [3.05, 3.63) is 0 Å². The van der Waals surface area contributed by atoms with Crippen LogP contribution in [-0.2, 0) is 0 Å². The van der Waals surface area contributed by atoms with Gasteiger partial charge in [0.15, 0.2) is 0 Å². The van der Waals surface area contributed by atoms with Gasteiger partial charge in [0.25, 0.3) is 0 Å². The molecule has 4 nitrogen and oxygen atoms in total. The lowest BCUT2D eigenvalue weighted by atomic mass is 10.4. The summed E-state index contributed by atoms with van der Waals surface area (Å²) in [7, 11) is 1.00. The molecule has 1 saturated heterocycles. The quantitative estimate of drug-likeness (QED) is 0.317. The molecule has 0 spiro atoms. The minimum Gasteiger partial charge on any atom is -0.400 e. The first-order chi connectivity index (χ1) is 4.00. The molecule has 0 aromatic heterocycles. The second-order valence-corrected chi connectivity index (χ2v) is 1.33. The molecule has 1 heterocycles. The van der Waals surface area contributed by atoms with Gasteiger partial charge in [-0.3, -0.25) is 0 Å². The van der Waals surface area contributed by atoms with E-state index >= 15 is 0 Å². The Morgan fingerprint density at radius 1 is 1.12 bits per heavy atom. The molecule has 4 heteroatoms. The van der Waals surface area contributed by atoms with Crippen molar-refractivity contribution in [2.75, 3.05) is 20.2 Å². The summed E-state index contributed by atoms with van der Waals surface area (Å²) in [6.07, 6.45) is 1.22. The topological polar surface area (TPSA) is 56.3 Å². The van der Waals surface area contributed by atoms with E-state index in [1.807, 2.05) is 0 Å². The van der Waals surface area contributed by atoms with Gasteiger partial charge in [-0.15, -0.1) is 0 Å². The smallest absolute Gasteiger partial charge is 0.0319 e. The van der Waals surface area contributed by atoms with E-state index in [1.165, 1.54) is 6.42 Å². The number of hydrazine groups is 2. The number of nitrogens with one attached hydrogen (secondary N) is 3. The fourth-order valence-corrected chi connectivity index (χ4v) is 0.453. The van der Waals surface area contributed by atoms with E-state index in [2.05, 4.69) is 16.4 Å². The molecule has 8 heavy (non-hydrogen) atoms. The zero-order valence-corrected chi connectivity index (χ0v) is 5.07. The first-order valence-corrected chi connectivity index (χ1v) is 2.65. The minimum absolute atomic E-state index is 1.00. The summed E-state index contributed by atoms with van der Waals surface area (Å²) in [6, 6.07) is 0. The highest BCUT2D eigenvalue weighted by molar-refractivity contribution is 4.47. The van der Waals surface area contributed by atoms with Gasteiger partial charge in [-0.1, -0.05) is 0 Å². The van der Waals surface area contributed by atoms with E-state index in [-0.39, 0.29) is 0 Å². The molecule has 1 rings (SSSR count). The van der Waals surface area contributed by atoms with Crippen LogP contribution in [0.3, 0.4) is 0 Å². The molecule has 0 amide bonds. The molecule has 1 aliphatic rings. The van der Waals surface area contributed by atoms with Gasteiger partial charge in [0, 0.05) is 20.2 Å². The van der Waals surface area contributed by atoms with Crippen molar-refractivity contribution in [2.24, 2.45) is 0 Å². The van der Waals surface area contributed by atoms with Crippen LogP contribution >= 0.6 is 0 Å². The monoisotopic (exact) mass is 119 g/mol. The van der Waals surface area contributed by atoms with Crippen LogP contribution in [0.2, 0.25) is 0 Å². The third-order valence-electron chi connectivity index (χ3n) is 0.780. The lowest BCUT2D eigenvalue weighted by Gasteiger charge is -2.12. The Kier molecular flexibility index (Phi) is 6.70. The van der Waals surface area contributed by atoms with Crippen molar-refractivity contribution in [2.45, 2.75) is 6.42 Å². The van der Waals surface area contributed by atoms with E-state index in [9.17, 15) is 0 Å². The Labute approximate surface area is 49.2 Å². The molecule has 0 atom stereocenters. The third-order valence-corrected chi connectivity index (χ3v) is 0.780. The van der Waals surface area contributed by atoms with Crippen LogP contribution in [0.5, 0.6) is 0 Å². The van der Waals surface area contributed by atoms with Gasteiger partial charge in [0.2, 0.25) is 0 Å². The second kappa shape index (κ2) is 6.84. The molecule has 1 aliphatic heterocycles. The maximum atomic E-state index is 7.00. The number of aliphatic hydroxyl groups is 1. The molecular formula is C4H13N3O. The molecule has 1 fully saturated rings. The van der Waals surface area contributed by atoms with E-state index in [0.29, 0.717) is 0 Å². The highest BCUT2D eigenvalue weighted by Crippen LogP contribution is 1.71. The fourth-order valence-electron chi connectivity index (χ4n) is 0.453. The molecule has 0 aliphatic carbocycles. The SMILES string of the molecule is C1CNNNC1.CO. The number of rotatable bonds is 0. The van der Waals surface area contributed by atoms with Crippen LogP contribution in [0.1, 0.15) is 6.42 Å². The van der Waals surface area contributed by atoms with Crippen molar-refractivity contribution in [3.8, 4) is 0 Å². The Balaban J connectivity index is 0.000000222. The van der Waals surface area contributed by atoms with Crippen molar-refractivity contribution in [3.63, 3.8) is 0 Å². The lowest BCUT2D eigenvalue weighted by Crippen LogP contribution is -2.49. The van der Waals surface area contributed by atoms with Crippen molar-refractivity contribution in [1.29, 1.82) is 0 Å². The van der Waals surface area contributed by atoms with Crippen LogP contribution in [-0.4, -0.2) is 25.3 Å². The number of hydrogen-bond acceptors (Lipinski definition) is 4. The van der Waals surface area contributed by atoms with Crippen LogP contribution in [0.4, 0.5) is 0 Å². The van der Waals surface area contributed by atoms with Crippen molar-refractivity contribution >= 4 is 0 Å². The third kappa shape index (κ3) is 4.01. The minimum atomic E-state index is 1.00. The van der Waals surface area contributed by atoms with E-state index in [0.717, 1.165) is 20.2 Å². The molecule has 0 bridgehead atoms. The standard InChI is InChI=1S/C3H9N3.CH4O/c1-2-4-6-5-3-1;1-2/h4-6H,1-3H2;2H,1H3. The Bertz CT molecular complexity index is 26.8. The van der Waals surface area contributed by atoms with Crippen LogP contribution < -0.4 is 16.4 Å². The van der Waals surface area contributed by atoms with E-state index in [4.69, 9.17) is 5.11 Å². The number of aliphatic hydroxyl groups excluding tert-OH is 1. The van der Waals surface area contributed by atoms with Gasteiger partial charge in [-0.25, -0.2) is 10.9 Å². The Morgan fingerprint density at radius 2 is 1.62 bits per heavy atom. The summed E-state index contributed by atoms with van der Waals surface area (Å²) in [5, 5.41) is 7.00. The summed E-state index contributed by atoms with van der Waals surface area (Å²) in [5.41, 5.74) is 8.63. The normalized spacial score (nSPS) is 18.8. The van der Waals surface area contributed by atoms with E-state index in [1.54, 1.807) is 0 Å².